The molecule has 0 fully saturated rings. The minimum atomic E-state index is -0.466. The summed E-state index contributed by atoms with van der Waals surface area (Å²) in [4.78, 5) is 7.29. The molecule has 2 rings (SSSR count). The lowest BCUT2D eigenvalue weighted by molar-refractivity contribution is 0.163. The number of nitrogens with zero attached hydrogens (tertiary/aromatic N) is 1. The van der Waals surface area contributed by atoms with Gasteiger partial charge in [0.2, 0.25) is 0 Å². The fourth-order valence-electron chi connectivity index (χ4n) is 2.30. The molecule has 1 unspecified atom stereocenters. The summed E-state index contributed by atoms with van der Waals surface area (Å²) in [6.07, 6.45) is 8.04. The maximum Gasteiger partial charge on any atom is 0.105 e. The number of imidazole rings is 1. The van der Waals surface area contributed by atoms with Gasteiger partial charge in [-0.15, -0.1) is 0 Å². The summed E-state index contributed by atoms with van der Waals surface area (Å²) in [6, 6.07) is 5.81. The lowest BCUT2D eigenvalue weighted by Crippen LogP contribution is -1.99. The van der Waals surface area contributed by atoms with Gasteiger partial charge in [0.1, 0.15) is 5.82 Å². The van der Waals surface area contributed by atoms with Gasteiger partial charge in [0, 0.05) is 23.8 Å². The van der Waals surface area contributed by atoms with Crippen molar-refractivity contribution >= 4 is 11.6 Å². The van der Waals surface area contributed by atoms with Crippen LogP contribution in [0.25, 0.3) is 0 Å². The Balaban J connectivity index is 1.70. The van der Waals surface area contributed by atoms with Gasteiger partial charge in [0.05, 0.1) is 6.10 Å². The van der Waals surface area contributed by atoms with Gasteiger partial charge in [-0.1, -0.05) is 36.6 Å². The highest BCUT2D eigenvalue weighted by Crippen LogP contribution is 2.27. The Morgan fingerprint density at radius 2 is 2.15 bits per heavy atom. The van der Waals surface area contributed by atoms with Crippen molar-refractivity contribution in [3.05, 3.63) is 52.6 Å². The first-order valence-corrected chi connectivity index (χ1v) is 7.47. The number of aliphatic hydroxyl groups is 1. The summed E-state index contributed by atoms with van der Waals surface area (Å²) in [5.41, 5.74) is 1.95. The first-order chi connectivity index (χ1) is 9.66. The zero-order valence-electron chi connectivity index (χ0n) is 11.8. The largest absolute Gasteiger partial charge is 0.388 e. The highest BCUT2D eigenvalue weighted by Gasteiger charge is 2.11. The highest BCUT2D eigenvalue weighted by molar-refractivity contribution is 6.31. The van der Waals surface area contributed by atoms with Crippen molar-refractivity contribution in [2.45, 2.75) is 45.1 Å². The second-order valence-electron chi connectivity index (χ2n) is 5.18. The van der Waals surface area contributed by atoms with E-state index in [-0.39, 0.29) is 0 Å². The maximum absolute atomic E-state index is 10.2. The van der Waals surface area contributed by atoms with Crippen molar-refractivity contribution in [2.75, 3.05) is 0 Å². The number of aryl methyl sites for hydroxylation is 2. The van der Waals surface area contributed by atoms with Crippen LogP contribution in [0.1, 0.15) is 48.7 Å². The third-order valence-corrected chi connectivity index (χ3v) is 3.79. The van der Waals surface area contributed by atoms with Crippen LogP contribution in [-0.2, 0) is 6.42 Å². The topological polar surface area (TPSA) is 48.9 Å². The van der Waals surface area contributed by atoms with Crippen LogP contribution in [0, 0.1) is 6.92 Å². The molecule has 2 aromatic rings. The minimum Gasteiger partial charge on any atom is -0.388 e. The van der Waals surface area contributed by atoms with Gasteiger partial charge in [0.25, 0.3) is 0 Å². The van der Waals surface area contributed by atoms with Crippen LogP contribution in [0.2, 0.25) is 5.02 Å². The zero-order valence-corrected chi connectivity index (χ0v) is 12.5. The molecule has 0 radical (unpaired) electrons. The van der Waals surface area contributed by atoms with Crippen LogP contribution in [-0.4, -0.2) is 15.1 Å². The molecule has 1 aromatic heterocycles. The Bertz CT molecular complexity index is 525. The van der Waals surface area contributed by atoms with Gasteiger partial charge in [0.15, 0.2) is 0 Å². The van der Waals surface area contributed by atoms with E-state index in [0.29, 0.717) is 5.02 Å². The summed E-state index contributed by atoms with van der Waals surface area (Å²) < 4.78 is 0. The molecule has 1 heterocycles. The van der Waals surface area contributed by atoms with Gasteiger partial charge >= 0.3 is 0 Å². The SMILES string of the molecule is Cc1ccc(C(O)CCCCCc2ncc[nH]2)c(Cl)c1. The Morgan fingerprint density at radius 1 is 1.30 bits per heavy atom. The Hall–Kier alpha value is -1.32. The number of hydrogen-bond acceptors (Lipinski definition) is 2. The fourth-order valence-corrected chi connectivity index (χ4v) is 2.66. The average Bonchev–Trinajstić information content (AvgIpc) is 2.91. The lowest BCUT2D eigenvalue weighted by atomic mass is 10.0. The van der Waals surface area contributed by atoms with Crippen LogP contribution in [0.3, 0.4) is 0 Å². The smallest absolute Gasteiger partial charge is 0.105 e. The predicted octanol–water partition coefficient (Wildman–Crippen LogP) is 4.21. The van der Waals surface area contributed by atoms with E-state index in [0.717, 1.165) is 49.1 Å². The highest BCUT2D eigenvalue weighted by atomic mass is 35.5. The van der Waals surface area contributed by atoms with Gasteiger partial charge in [-0.05, 0) is 37.0 Å². The number of aromatic nitrogens is 2. The molecule has 0 saturated carbocycles. The molecule has 1 aromatic carbocycles. The van der Waals surface area contributed by atoms with Crippen LogP contribution in [0.5, 0.6) is 0 Å². The van der Waals surface area contributed by atoms with E-state index in [1.165, 1.54) is 0 Å². The van der Waals surface area contributed by atoms with Crippen molar-refractivity contribution in [2.24, 2.45) is 0 Å². The molecule has 0 amide bonds. The van der Waals surface area contributed by atoms with E-state index >= 15 is 0 Å². The lowest BCUT2D eigenvalue weighted by Gasteiger charge is -2.13. The fraction of sp³-hybridized carbons (Fsp3) is 0.438. The van der Waals surface area contributed by atoms with Crippen LogP contribution >= 0.6 is 11.6 Å². The molecule has 2 N–H and O–H groups in total. The molecule has 0 aliphatic heterocycles. The van der Waals surface area contributed by atoms with E-state index in [1.807, 2.05) is 31.3 Å². The molecule has 0 bridgehead atoms. The van der Waals surface area contributed by atoms with Crippen molar-refractivity contribution in [3.8, 4) is 0 Å². The number of H-pyrrole nitrogens is 1. The van der Waals surface area contributed by atoms with E-state index in [4.69, 9.17) is 11.6 Å². The van der Waals surface area contributed by atoms with Crippen LogP contribution in [0.4, 0.5) is 0 Å². The second-order valence-corrected chi connectivity index (χ2v) is 5.58. The number of hydrogen-bond donors (Lipinski definition) is 2. The minimum absolute atomic E-state index is 0.466. The molecule has 20 heavy (non-hydrogen) atoms. The average molecular weight is 293 g/mol. The van der Waals surface area contributed by atoms with Crippen LogP contribution < -0.4 is 0 Å². The summed E-state index contributed by atoms with van der Waals surface area (Å²) in [5.74, 6) is 1.03. The number of nitrogens with one attached hydrogen (secondary N) is 1. The standard InChI is InChI=1S/C16H21ClN2O/c1-12-7-8-13(14(17)11-12)15(20)5-3-2-4-6-16-18-9-10-19-16/h7-11,15,20H,2-6H2,1H3,(H,18,19). The second kappa shape index (κ2) is 7.46. The first-order valence-electron chi connectivity index (χ1n) is 7.09. The predicted molar refractivity (Wildman–Crippen MR) is 81.9 cm³/mol. The van der Waals surface area contributed by atoms with Crippen molar-refractivity contribution in [1.82, 2.24) is 9.97 Å². The monoisotopic (exact) mass is 292 g/mol. The molecule has 4 heteroatoms. The number of unbranched alkanes of at least 4 members (excludes halogenated alkanes) is 2. The molecule has 0 spiro atoms. The van der Waals surface area contributed by atoms with E-state index in [1.54, 1.807) is 6.20 Å². The van der Waals surface area contributed by atoms with Crippen molar-refractivity contribution in [1.29, 1.82) is 0 Å². The summed E-state index contributed by atoms with van der Waals surface area (Å²) in [6.45, 7) is 2.00. The summed E-state index contributed by atoms with van der Waals surface area (Å²) in [7, 11) is 0. The molecule has 3 nitrogen and oxygen atoms in total. The van der Waals surface area contributed by atoms with Gasteiger partial charge < -0.3 is 10.1 Å². The van der Waals surface area contributed by atoms with E-state index < -0.39 is 6.10 Å². The van der Waals surface area contributed by atoms with Gasteiger partial charge in [-0.25, -0.2) is 4.98 Å². The molecule has 1 atom stereocenters. The van der Waals surface area contributed by atoms with E-state index in [9.17, 15) is 5.11 Å². The number of benzene rings is 1. The molecular formula is C16H21ClN2O. The molecule has 0 aliphatic carbocycles. The third-order valence-electron chi connectivity index (χ3n) is 3.46. The normalized spacial score (nSPS) is 12.6. The molecule has 0 aliphatic rings. The third kappa shape index (κ3) is 4.36. The Kier molecular flexibility index (Phi) is 5.62. The summed E-state index contributed by atoms with van der Waals surface area (Å²) in [5, 5.41) is 10.8. The van der Waals surface area contributed by atoms with Crippen LogP contribution in [0.15, 0.2) is 30.6 Å². The molecule has 0 saturated heterocycles. The maximum atomic E-state index is 10.2. The van der Waals surface area contributed by atoms with Gasteiger partial charge in [-0.3, -0.25) is 0 Å². The number of halogens is 1. The van der Waals surface area contributed by atoms with Crippen molar-refractivity contribution < 1.29 is 5.11 Å². The van der Waals surface area contributed by atoms with Crippen molar-refractivity contribution in [3.63, 3.8) is 0 Å². The number of aromatic amines is 1. The number of aliphatic hydroxyl groups excluding tert-OH is 1. The number of rotatable bonds is 7. The Morgan fingerprint density at radius 3 is 2.85 bits per heavy atom. The molecular weight excluding hydrogens is 272 g/mol. The van der Waals surface area contributed by atoms with E-state index in [2.05, 4.69) is 9.97 Å². The first kappa shape index (κ1) is 15.1. The van der Waals surface area contributed by atoms with Gasteiger partial charge in [-0.2, -0.15) is 0 Å². The Labute approximate surface area is 125 Å². The summed E-state index contributed by atoms with van der Waals surface area (Å²) >= 11 is 6.16. The molecule has 108 valence electrons. The zero-order chi connectivity index (χ0) is 14.4. The quantitative estimate of drug-likeness (QED) is 0.751.